The molecule has 1 atom stereocenters. The fraction of sp³-hybridized carbons (Fsp3) is 0.846. The van der Waals surface area contributed by atoms with Gasteiger partial charge in [0.1, 0.15) is 5.78 Å². The Morgan fingerprint density at radius 3 is 2.38 bits per heavy atom. The maximum Gasteiger partial charge on any atom is 0.305 e. The van der Waals surface area contributed by atoms with Crippen LogP contribution < -0.4 is 0 Å². The zero-order valence-corrected chi connectivity index (χ0v) is 10.8. The van der Waals surface area contributed by atoms with Gasteiger partial charge in [-0.2, -0.15) is 0 Å². The zero-order valence-electron chi connectivity index (χ0n) is 10.8. The summed E-state index contributed by atoms with van der Waals surface area (Å²) in [5.41, 5.74) is 0. The second kappa shape index (κ2) is 9.37. The van der Waals surface area contributed by atoms with Crippen LogP contribution in [0.2, 0.25) is 0 Å². The van der Waals surface area contributed by atoms with Crippen LogP contribution in [0.4, 0.5) is 0 Å². The number of hydrogen-bond donors (Lipinski definition) is 0. The van der Waals surface area contributed by atoms with Crippen molar-refractivity contribution in [2.75, 3.05) is 7.11 Å². The number of hydrogen-bond acceptors (Lipinski definition) is 3. The molecular formula is C13H24O3. The van der Waals surface area contributed by atoms with Crippen LogP contribution in [0.1, 0.15) is 58.8 Å². The molecule has 0 amide bonds. The van der Waals surface area contributed by atoms with Crippen molar-refractivity contribution in [3.63, 3.8) is 0 Å². The summed E-state index contributed by atoms with van der Waals surface area (Å²) in [6.07, 6.45) is 6.01. The van der Waals surface area contributed by atoms with Gasteiger partial charge in [-0.05, 0) is 12.3 Å². The number of unbranched alkanes of at least 4 members (excludes halogenated alkanes) is 3. The molecule has 0 aliphatic carbocycles. The summed E-state index contributed by atoms with van der Waals surface area (Å²) >= 11 is 0. The summed E-state index contributed by atoms with van der Waals surface area (Å²) in [5.74, 6) is 0.143. The van der Waals surface area contributed by atoms with E-state index in [0.717, 1.165) is 12.8 Å². The monoisotopic (exact) mass is 228 g/mol. The van der Waals surface area contributed by atoms with Gasteiger partial charge in [-0.1, -0.05) is 33.1 Å². The van der Waals surface area contributed by atoms with E-state index in [0.29, 0.717) is 19.3 Å². The first-order chi connectivity index (χ1) is 7.60. The van der Waals surface area contributed by atoms with E-state index in [1.165, 1.54) is 20.0 Å². The molecule has 0 heterocycles. The molecule has 0 saturated carbocycles. The van der Waals surface area contributed by atoms with Gasteiger partial charge in [0.05, 0.1) is 7.11 Å². The molecule has 0 saturated heterocycles. The van der Waals surface area contributed by atoms with Crippen LogP contribution >= 0.6 is 0 Å². The number of Topliss-reactive ketones (excluding diaryl/α,β-unsaturated/α-hetero) is 1. The molecule has 94 valence electrons. The van der Waals surface area contributed by atoms with Crippen LogP contribution in [-0.4, -0.2) is 18.9 Å². The van der Waals surface area contributed by atoms with E-state index in [1.54, 1.807) is 0 Å². The van der Waals surface area contributed by atoms with Gasteiger partial charge in [0.25, 0.3) is 0 Å². The van der Waals surface area contributed by atoms with Crippen LogP contribution in [0, 0.1) is 5.92 Å². The van der Waals surface area contributed by atoms with E-state index in [4.69, 9.17) is 0 Å². The van der Waals surface area contributed by atoms with Crippen LogP contribution in [0.3, 0.4) is 0 Å². The molecule has 0 unspecified atom stereocenters. The fourth-order valence-electron chi connectivity index (χ4n) is 1.68. The van der Waals surface area contributed by atoms with E-state index in [2.05, 4.69) is 11.7 Å². The van der Waals surface area contributed by atoms with E-state index in [-0.39, 0.29) is 17.7 Å². The normalized spacial score (nSPS) is 12.2. The molecule has 0 aromatic rings. The predicted octanol–water partition coefficient (Wildman–Crippen LogP) is 3.12. The van der Waals surface area contributed by atoms with Gasteiger partial charge in [-0.3, -0.25) is 9.59 Å². The smallest absolute Gasteiger partial charge is 0.305 e. The Hall–Kier alpha value is -0.860. The highest BCUT2D eigenvalue weighted by molar-refractivity contribution is 5.79. The van der Waals surface area contributed by atoms with E-state index in [1.807, 2.05) is 6.92 Å². The summed E-state index contributed by atoms with van der Waals surface area (Å²) < 4.78 is 4.57. The van der Waals surface area contributed by atoms with Crippen LogP contribution in [0.5, 0.6) is 0 Å². The largest absolute Gasteiger partial charge is 0.469 e. The van der Waals surface area contributed by atoms with Crippen molar-refractivity contribution in [2.45, 2.75) is 58.8 Å². The third-order valence-electron chi connectivity index (χ3n) is 2.63. The first kappa shape index (κ1) is 15.1. The Kier molecular flexibility index (Phi) is 8.87. The highest BCUT2D eigenvalue weighted by Crippen LogP contribution is 2.12. The molecule has 0 spiro atoms. The minimum atomic E-state index is -0.230. The van der Waals surface area contributed by atoms with E-state index in [9.17, 15) is 9.59 Å². The van der Waals surface area contributed by atoms with Gasteiger partial charge in [0, 0.05) is 19.3 Å². The lowest BCUT2D eigenvalue weighted by atomic mass is 9.98. The molecular weight excluding hydrogens is 204 g/mol. The van der Waals surface area contributed by atoms with Gasteiger partial charge < -0.3 is 4.74 Å². The van der Waals surface area contributed by atoms with E-state index < -0.39 is 0 Å². The number of methoxy groups -OCH3 is 1. The number of rotatable bonds is 9. The van der Waals surface area contributed by atoms with Crippen molar-refractivity contribution in [2.24, 2.45) is 5.92 Å². The van der Waals surface area contributed by atoms with Gasteiger partial charge in [0.15, 0.2) is 0 Å². The summed E-state index contributed by atoms with van der Waals surface area (Å²) in [6.45, 7) is 4.07. The number of ketones is 1. The summed E-state index contributed by atoms with van der Waals surface area (Å²) in [7, 11) is 1.38. The molecule has 0 aliphatic rings. The molecule has 0 fully saturated rings. The molecule has 0 aromatic heterocycles. The molecule has 16 heavy (non-hydrogen) atoms. The Labute approximate surface area is 98.6 Å². The average Bonchev–Trinajstić information content (AvgIpc) is 2.24. The molecule has 3 heteroatoms. The molecule has 0 bridgehead atoms. The standard InChI is InChI=1S/C13H24O3/c1-4-5-6-7-8-12(14)9-11(2)10-13(15)16-3/h11H,4-10H2,1-3H3/t11-/m0/s1. The van der Waals surface area contributed by atoms with Gasteiger partial charge in [0.2, 0.25) is 0 Å². The Bertz CT molecular complexity index is 211. The maximum absolute atomic E-state index is 11.5. The molecule has 0 aromatic carbocycles. The molecule has 0 N–H and O–H groups in total. The van der Waals surface area contributed by atoms with Gasteiger partial charge in [-0.15, -0.1) is 0 Å². The van der Waals surface area contributed by atoms with Crippen LogP contribution in [0.25, 0.3) is 0 Å². The minimum absolute atomic E-state index is 0.103. The lowest BCUT2D eigenvalue weighted by Gasteiger charge is -2.08. The topological polar surface area (TPSA) is 43.4 Å². The molecule has 0 rings (SSSR count). The van der Waals surface area contributed by atoms with Crippen molar-refractivity contribution < 1.29 is 14.3 Å². The Morgan fingerprint density at radius 1 is 1.12 bits per heavy atom. The van der Waals surface area contributed by atoms with Gasteiger partial charge in [-0.25, -0.2) is 0 Å². The van der Waals surface area contributed by atoms with E-state index >= 15 is 0 Å². The number of carbonyl (C=O) groups excluding carboxylic acids is 2. The van der Waals surface area contributed by atoms with Crippen molar-refractivity contribution in [1.82, 2.24) is 0 Å². The third-order valence-corrected chi connectivity index (χ3v) is 2.63. The second-order valence-electron chi connectivity index (χ2n) is 4.44. The Morgan fingerprint density at radius 2 is 1.81 bits per heavy atom. The zero-order chi connectivity index (χ0) is 12.4. The SMILES string of the molecule is CCCCCCC(=O)C[C@H](C)CC(=O)OC. The quantitative estimate of drug-likeness (QED) is 0.450. The summed E-state index contributed by atoms with van der Waals surface area (Å²) in [4.78, 5) is 22.5. The second-order valence-corrected chi connectivity index (χ2v) is 4.44. The number of ether oxygens (including phenoxy) is 1. The average molecular weight is 228 g/mol. The van der Waals surface area contributed by atoms with Crippen LogP contribution in [-0.2, 0) is 14.3 Å². The molecule has 0 radical (unpaired) electrons. The number of carbonyl (C=O) groups is 2. The van der Waals surface area contributed by atoms with Crippen molar-refractivity contribution in [3.8, 4) is 0 Å². The summed E-state index contributed by atoms with van der Waals surface area (Å²) in [6, 6.07) is 0. The van der Waals surface area contributed by atoms with Crippen molar-refractivity contribution in [3.05, 3.63) is 0 Å². The maximum atomic E-state index is 11.5. The minimum Gasteiger partial charge on any atom is -0.469 e. The third kappa shape index (κ3) is 8.45. The Balaban J connectivity index is 3.58. The lowest BCUT2D eigenvalue weighted by molar-refractivity contribution is -0.141. The summed E-state index contributed by atoms with van der Waals surface area (Å²) in [5, 5.41) is 0. The first-order valence-corrected chi connectivity index (χ1v) is 6.18. The number of esters is 1. The molecule has 0 aliphatic heterocycles. The fourth-order valence-corrected chi connectivity index (χ4v) is 1.68. The van der Waals surface area contributed by atoms with Gasteiger partial charge >= 0.3 is 5.97 Å². The van der Waals surface area contributed by atoms with Crippen molar-refractivity contribution in [1.29, 1.82) is 0 Å². The molecule has 3 nitrogen and oxygen atoms in total. The van der Waals surface area contributed by atoms with Crippen LogP contribution in [0.15, 0.2) is 0 Å². The first-order valence-electron chi connectivity index (χ1n) is 6.18. The van der Waals surface area contributed by atoms with Crippen molar-refractivity contribution >= 4 is 11.8 Å². The highest BCUT2D eigenvalue weighted by atomic mass is 16.5. The highest BCUT2D eigenvalue weighted by Gasteiger charge is 2.13. The predicted molar refractivity (Wildman–Crippen MR) is 64.2 cm³/mol. The lowest BCUT2D eigenvalue weighted by Crippen LogP contribution is -2.11.